The summed E-state index contributed by atoms with van der Waals surface area (Å²) in [6, 6.07) is 14.1. The van der Waals surface area contributed by atoms with Crippen LogP contribution in [0.1, 0.15) is 37.4 Å². The lowest BCUT2D eigenvalue weighted by atomic mass is 10.0. The largest absolute Gasteiger partial charge is 0.506 e. The van der Waals surface area contributed by atoms with Crippen LogP contribution >= 0.6 is 11.3 Å². The van der Waals surface area contributed by atoms with Crippen molar-refractivity contribution < 1.29 is 24.9 Å². The third-order valence-electron chi connectivity index (χ3n) is 4.89. The van der Waals surface area contributed by atoms with Gasteiger partial charge in [-0.05, 0) is 18.1 Å². The number of fused-ring (bicyclic) bond motifs is 1. The van der Waals surface area contributed by atoms with Gasteiger partial charge in [0.25, 0.3) is 0 Å². The van der Waals surface area contributed by atoms with Gasteiger partial charge in [-0.1, -0.05) is 60.7 Å². The Balaban J connectivity index is 1.84. The monoisotopic (exact) mass is 433 g/mol. The zero-order valence-electron chi connectivity index (χ0n) is 16.5. The number of thiophene rings is 1. The third-order valence-corrected chi connectivity index (χ3v) is 6.06. The molecule has 0 spiro atoms. The van der Waals surface area contributed by atoms with Crippen molar-refractivity contribution in [2.75, 3.05) is 0 Å². The lowest BCUT2D eigenvalue weighted by molar-refractivity contribution is 0.0702. The Kier molecular flexibility index (Phi) is 5.46. The minimum Gasteiger partial charge on any atom is -0.506 e. The molecule has 0 aliphatic rings. The molecule has 156 valence electrons. The van der Waals surface area contributed by atoms with Crippen molar-refractivity contribution in [1.29, 1.82) is 0 Å². The van der Waals surface area contributed by atoms with E-state index in [2.05, 4.69) is 4.98 Å². The molecule has 6 nitrogen and oxygen atoms in total. The maximum atomic E-state index is 13.3. The first kappa shape index (κ1) is 20.6. The average Bonchev–Trinajstić information content (AvgIpc) is 3.34. The molecule has 0 amide bonds. The minimum atomic E-state index is -1.21. The summed E-state index contributed by atoms with van der Waals surface area (Å²) >= 11 is 0.762. The Labute approximate surface area is 181 Å². The Morgan fingerprint density at radius 2 is 1.81 bits per heavy atom. The van der Waals surface area contributed by atoms with Gasteiger partial charge in [-0.15, -0.1) is 11.3 Å². The van der Waals surface area contributed by atoms with Gasteiger partial charge in [-0.2, -0.15) is 0 Å². The van der Waals surface area contributed by atoms with E-state index >= 15 is 0 Å². The van der Waals surface area contributed by atoms with Gasteiger partial charge in [0.15, 0.2) is 0 Å². The molecule has 0 radical (unpaired) electrons. The summed E-state index contributed by atoms with van der Waals surface area (Å²) in [7, 11) is 0. The predicted octanol–water partition coefficient (Wildman–Crippen LogP) is 4.93. The van der Waals surface area contributed by atoms with E-state index in [0.717, 1.165) is 16.9 Å². The zero-order chi connectivity index (χ0) is 22.1. The van der Waals surface area contributed by atoms with Crippen molar-refractivity contribution in [3.8, 4) is 16.9 Å². The molecule has 0 saturated carbocycles. The standard InChI is InChI=1S/C24H19NO5S/c1-13(26)10-11-15-8-5-9-16-17(12-25-19(15)16)20(27)23-21(28)18(22(31-23)24(29)30)14-6-3-2-4-7-14/h2-13,25-26,28H,1H3,(H,29,30)/b11-10+. The van der Waals surface area contributed by atoms with Crippen molar-refractivity contribution in [3.63, 3.8) is 0 Å². The second-order valence-corrected chi connectivity index (χ2v) is 8.08. The molecule has 0 bridgehead atoms. The molecule has 2 aromatic carbocycles. The molecule has 1 unspecified atom stereocenters. The fourth-order valence-corrected chi connectivity index (χ4v) is 4.48. The molecule has 0 aliphatic heterocycles. The molecule has 31 heavy (non-hydrogen) atoms. The Morgan fingerprint density at radius 1 is 1.06 bits per heavy atom. The summed E-state index contributed by atoms with van der Waals surface area (Å²) in [6.07, 6.45) is 4.33. The first-order valence-electron chi connectivity index (χ1n) is 9.54. The fraction of sp³-hybridized carbons (Fsp3) is 0.0833. The van der Waals surface area contributed by atoms with Crippen molar-refractivity contribution >= 4 is 40.1 Å². The van der Waals surface area contributed by atoms with Crippen LogP contribution in [0.2, 0.25) is 0 Å². The van der Waals surface area contributed by atoms with Crippen molar-refractivity contribution in [2.45, 2.75) is 13.0 Å². The summed E-state index contributed by atoms with van der Waals surface area (Å²) in [5, 5.41) is 30.6. The Bertz CT molecular complexity index is 1310. The van der Waals surface area contributed by atoms with E-state index in [1.807, 2.05) is 6.07 Å². The van der Waals surface area contributed by atoms with Gasteiger partial charge in [0, 0.05) is 22.7 Å². The van der Waals surface area contributed by atoms with Crippen LogP contribution in [-0.4, -0.2) is 38.2 Å². The number of benzene rings is 2. The van der Waals surface area contributed by atoms with Crippen LogP contribution in [0.3, 0.4) is 0 Å². The molecule has 0 fully saturated rings. The normalized spacial score (nSPS) is 12.5. The van der Waals surface area contributed by atoms with E-state index in [0.29, 0.717) is 22.0 Å². The van der Waals surface area contributed by atoms with Gasteiger partial charge in [0.2, 0.25) is 5.78 Å². The third kappa shape index (κ3) is 3.76. The number of aliphatic hydroxyl groups excluding tert-OH is 1. The highest BCUT2D eigenvalue weighted by molar-refractivity contribution is 7.17. The molecular formula is C24H19NO5S. The highest BCUT2D eigenvalue weighted by Crippen LogP contribution is 2.43. The van der Waals surface area contributed by atoms with Crippen LogP contribution < -0.4 is 0 Å². The number of hydrogen-bond acceptors (Lipinski definition) is 5. The molecule has 7 heteroatoms. The lowest BCUT2D eigenvalue weighted by Gasteiger charge is -2.03. The molecule has 4 N–H and O–H groups in total. The Morgan fingerprint density at radius 3 is 2.48 bits per heavy atom. The van der Waals surface area contributed by atoms with Crippen molar-refractivity contribution in [3.05, 3.63) is 81.7 Å². The lowest BCUT2D eigenvalue weighted by Crippen LogP contribution is -1.98. The number of para-hydroxylation sites is 1. The smallest absolute Gasteiger partial charge is 0.346 e. The highest BCUT2D eigenvalue weighted by Gasteiger charge is 2.28. The number of hydrogen-bond donors (Lipinski definition) is 4. The maximum absolute atomic E-state index is 13.3. The van der Waals surface area contributed by atoms with E-state index in [9.17, 15) is 24.9 Å². The number of aromatic nitrogens is 1. The SMILES string of the molecule is CC(O)/C=C/c1cccc2c(C(=O)c3sc(C(=O)O)c(-c4ccccc4)c3O)c[nH]c12. The first-order chi connectivity index (χ1) is 14.9. The number of aromatic hydroxyl groups is 1. The van der Waals surface area contributed by atoms with Crippen LogP contribution in [-0.2, 0) is 0 Å². The van der Waals surface area contributed by atoms with E-state index in [1.54, 1.807) is 67.7 Å². The first-order valence-corrected chi connectivity index (χ1v) is 10.4. The number of aliphatic hydroxyl groups is 1. The van der Waals surface area contributed by atoms with Crippen LogP contribution in [0, 0.1) is 0 Å². The summed E-state index contributed by atoms with van der Waals surface area (Å²) in [6.45, 7) is 1.64. The van der Waals surface area contributed by atoms with Crippen LogP contribution in [0.4, 0.5) is 0 Å². The van der Waals surface area contributed by atoms with E-state index in [1.165, 1.54) is 0 Å². The van der Waals surface area contributed by atoms with Crippen LogP contribution in [0.25, 0.3) is 28.1 Å². The van der Waals surface area contributed by atoms with E-state index < -0.39 is 17.9 Å². The molecule has 4 aromatic rings. The average molecular weight is 433 g/mol. The highest BCUT2D eigenvalue weighted by atomic mass is 32.1. The maximum Gasteiger partial charge on any atom is 0.346 e. The van der Waals surface area contributed by atoms with Crippen LogP contribution in [0.15, 0.2) is 60.8 Å². The molecule has 0 aliphatic carbocycles. The van der Waals surface area contributed by atoms with Gasteiger partial charge in [-0.25, -0.2) is 4.79 Å². The molecule has 0 saturated heterocycles. The van der Waals surface area contributed by atoms with Gasteiger partial charge >= 0.3 is 5.97 Å². The summed E-state index contributed by atoms with van der Waals surface area (Å²) < 4.78 is 0. The fourth-order valence-electron chi connectivity index (χ4n) is 3.47. The number of carbonyl (C=O) groups is 2. The number of carboxylic acid groups (broad SMARTS) is 1. The predicted molar refractivity (Wildman–Crippen MR) is 121 cm³/mol. The summed E-state index contributed by atoms with van der Waals surface area (Å²) in [5.41, 5.74) is 2.50. The number of H-pyrrole nitrogens is 1. The number of aromatic amines is 1. The molecule has 4 rings (SSSR count). The molecule has 2 heterocycles. The quantitative estimate of drug-likeness (QED) is 0.323. The number of nitrogens with one attached hydrogen (secondary N) is 1. The van der Waals surface area contributed by atoms with Crippen molar-refractivity contribution in [1.82, 2.24) is 4.98 Å². The number of aromatic carboxylic acids is 1. The topological polar surface area (TPSA) is 111 Å². The van der Waals surface area contributed by atoms with Gasteiger partial charge < -0.3 is 20.3 Å². The number of carbonyl (C=O) groups excluding carboxylic acids is 1. The van der Waals surface area contributed by atoms with Crippen LogP contribution in [0.5, 0.6) is 5.75 Å². The van der Waals surface area contributed by atoms with Gasteiger partial charge in [0.05, 0.1) is 11.6 Å². The van der Waals surface area contributed by atoms with E-state index in [4.69, 9.17) is 0 Å². The second kappa shape index (κ2) is 8.22. The number of rotatable bonds is 6. The van der Waals surface area contributed by atoms with Gasteiger partial charge in [0.1, 0.15) is 15.5 Å². The van der Waals surface area contributed by atoms with E-state index in [-0.39, 0.29) is 21.1 Å². The number of carboxylic acids is 1. The minimum absolute atomic E-state index is 0.0259. The van der Waals surface area contributed by atoms with Gasteiger partial charge in [-0.3, -0.25) is 4.79 Å². The molecular weight excluding hydrogens is 414 g/mol. The Hall–Kier alpha value is -3.68. The second-order valence-electron chi connectivity index (χ2n) is 7.06. The summed E-state index contributed by atoms with van der Waals surface area (Å²) in [4.78, 5) is 28.1. The summed E-state index contributed by atoms with van der Waals surface area (Å²) in [5.74, 6) is -2.00. The zero-order valence-corrected chi connectivity index (χ0v) is 17.3. The number of ketones is 1. The van der Waals surface area contributed by atoms with Crippen molar-refractivity contribution in [2.24, 2.45) is 0 Å². The molecule has 2 aromatic heterocycles. The molecule has 1 atom stereocenters.